The second kappa shape index (κ2) is 5.84. The van der Waals surface area contributed by atoms with Crippen LogP contribution in [-0.2, 0) is 0 Å². The van der Waals surface area contributed by atoms with Crippen molar-refractivity contribution in [3.05, 3.63) is 23.3 Å². The lowest BCUT2D eigenvalue weighted by atomic mass is 10.4. The molecule has 3 N–H and O–H groups in total. The predicted molar refractivity (Wildman–Crippen MR) is 86.0 cm³/mol. The van der Waals surface area contributed by atoms with Gasteiger partial charge in [-0.05, 0) is 13.8 Å². The Bertz CT molecular complexity index is 1220. The molecule has 0 saturated heterocycles. The summed E-state index contributed by atoms with van der Waals surface area (Å²) in [5.74, 6) is 0.413. The van der Waals surface area contributed by atoms with Gasteiger partial charge in [-0.1, -0.05) is 0 Å². The van der Waals surface area contributed by atoms with Gasteiger partial charge in [0.05, 0.1) is 11.9 Å². The number of aromatic nitrogens is 9. The van der Waals surface area contributed by atoms with Crippen molar-refractivity contribution in [1.82, 2.24) is 44.5 Å². The lowest BCUT2D eigenvalue weighted by Crippen LogP contribution is -2.03. The second-order valence-corrected chi connectivity index (χ2v) is 5.31. The highest BCUT2D eigenvalue weighted by Crippen LogP contribution is 2.28. The maximum atomic E-state index is 9.44. The molecule has 134 valence electrons. The van der Waals surface area contributed by atoms with E-state index in [1.807, 2.05) is 6.07 Å². The van der Waals surface area contributed by atoms with Gasteiger partial charge in [-0.25, -0.2) is 0 Å². The summed E-state index contributed by atoms with van der Waals surface area (Å²) in [6.45, 7) is 3.53. The monoisotopic (exact) mass is 366 g/mol. The Labute approximate surface area is 149 Å². The maximum absolute atomic E-state index is 9.44. The molecular formula is C13H10N12O2. The van der Waals surface area contributed by atoms with Gasteiger partial charge in [0.15, 0.2) is 17.2 Å². The van der Waals surface area contributed by atoms with E-state index in [1.54, 1.807) is 18.4 Å². The highest BCUT2D eigenvalue weighted by atomic mass is 16.3. The Hall–Kier alpha value is -4.41. The van der Waals surface area contributed by atoms with Crippen LogP contribution >= 0.6 is 0 Å². The van der Waals surface area contributed by atoms with E-state index < -0.39 is 12.0 Å². The van der Waals surface area contributed by atoms with Crippen LogP contribution in [0, 0.1) is 25.2 Å². The molecule has 0 bridgehead atoms. The lowest BCUT2D eigenvalue weighted by Gasteiger charge is -2.02. The van der Waals surface area contributed by atoms with Crippen molar-refractivity contribution in [2.45, 2.75) is 13.8 Å². The van der Waals surface area contributed by atoms with Crippen molar-refractivity contribution in [2.24, 2.45) is 10.2 Å². The third-order valence-corrected chi connectivity index (χ3v) is 3.56. The smallest absolute Gasteiger partial charge is 0.321 e. The molecule has 4 heterocycles. The zero-order chi connectivity index (χ0) is 19.1. The average Bonchev–Trinajstić information content (AvgIpc) is 3.27. The van der Waals surface area contributed by atoms with Crippen LogP contribution in [0.5, 0.6) is 12.0 Å². The summed E-state index contributed by atoms with van der Waals surface area (Å²) in [5, 5.41) is 51.5. The van der Waals surface area contributed by atoms with E-state index in [0.29, 0.717) is 22.9 Å². The maximum Gasteiger partial charge on any atom is 0.321 e. The van der Waals surface area contributed by atoms with Gasteiger partial charge < -0.3 is 10.2 Å². The number of nitriles is 1. The summed E-state index contributed by atoms with van der Waals surface area (Å²) >= 11 is 0. The highest BCUT2D eigenvalue weighted by Gasteiger charge is 2.18. The first-order chi connectivity index (χ1) is 13.0. The number of hydrogen-bond donors (Lipinski definition) is 3. The van der Waals surface area contributed by atoms with Crippen LogP contribution in [0.4, 0.5) is 11.5 Å². The molecule has 27 heavy (non-hydrogen) atoms. The van der Waals surface area contributed by atoms with Gasteiger partial charge in [0.2, 0.25) is 0 Å². The highest BCUT2D eigenvalue weighted by molar-refractivity contribution is 5.66. The molecular weight excluding hydrogens is 356 g/mol. The number of aromatic amines is 1. The Kier molecular flexibility index (Phi) is 3.48. The number of nitrogens with one attached hydrogen (secondary N) is 1. The van der Waals surface area contributed by atoms with Gasteiger partial charge in [-0.15, -0.1) is 15.2 Å². The Morgan fingerprint density at radius 1 is 1.15 bits per heavy atom. The van der Waals surface area contributed by atoms with E-state index in [1.165, 1.54) is 6.20 Å². The molecule has 4 rings (SSSR count). The summed E-state index contributed by atoms with van der Waals surface area (Å²) in [5.41, 5.74) is 1.64. The van der Waals surface area contributed by atoms with Crippen LogP contribution in [0.2, 0.25) is 0 Å². The minimum absolute atomic E-state index is 0.00233. The summed E-state index contributed by atoms with van der Waals surface area (Å²) in [7, 11) is 0. The number of aromatic hydroxyl groups is 2. The van der Waals surface area contributed by atoms with Crippen molar-refractivity contribution >= 4 is 17.2 Å². The van der Waals surface area contributed by atoms with Crippen LogP contribution in [-0.4, -0.2) is 54.8 Å². The minimum atomic E-state index is -0.712. The first kappa shape index (κ1) is 16.1. The van der Waals surface area contributed by atoms with Crippen LogP contribution < -0.4 is 0 Å². The fraction of sp³-hybridized carbons (Fsp3) is 0.154. The third-order valence-electron chi connectivity index (χ3n) is 3.56. The SMILES string of the molecule is Cc1nn2c(C)n[nH]c2c1/N=N/c1c(C#N)cnn1-c1nc(O)nc(O)n1. The molecule has 0 radical (unpaired) electrons. The predicted octanol–water partition coefficient (Wildman–Crippen LogP) is 0.743. The molecule has 0 atom stereocenters. The summed E-state index contributed by atoms with van der Waals surface area (Å²) in [4.78, 5) is 10.6. The molecule has 0 aliphatic carbocycles. The van der Waals surface area contributed by atoms with E-state index in [-0.39, 0.29) is 17.3 Å². The number of azo groups is 1. The zero-order valence-electron chi connectivity index (χ0n) is 13.9. The van der Waals surface area contributed by atoms with Gasteiger partial charge in [0.1, 0.15) is 17.5 Å². The Morgan fingerprint density at radius 2 is 1.89 bits per heavy atom. The van der Waals surface area contributed by atoms with Gasteiger partial charge in [-0.3, -0.25) is 5.10 Å². The van der Waals surface area contributed by atoms with Crippen molar-refractivity contribution in [1.29, 1.82) is 5.26 Å². The number of aryl methyl sites for hydroxylation is 2. The standard InChI is InChI=1S/C13H10N12O2/c1-5-8(10-22-19-6(2)24(10)23-5)20-21-9-7(3-14)4-15-25(9)11-16-12(26)18-13(27)17-11/h4,22H,1-2H3,(H2,16,17,18,26,27)/b21-20+. The van der Waals surface area contributed by atoms with Gasteiger partial charge in [0.25, 0.3) is 5.95 Å². The number of hydrogen-bond acceptors (Lipinski definition) is 11. The van der Waals surface area contributed by atoms with Gasteiger partial charge >= 0.3 is 12.0 Å². The van der Waals surface area contributed by atoms with Crippen molar-refractivity contribution in [2.75, 3.05) is 0 Å². The van der Waals surface area contributed by atoms with Gasteiger partial charge in [-0.2, -0.15) is 39.7 Å². The molecule has 0 spiro atoms. The molecule has 0 aliphatic heterocycles. The Morgan fingerprint density at radius 3 is 2.59 bits per heavy atom. The summed E-state index contributed by atoms with van der Waals surface area (Å²) < 4.78 is 2.62. The summed E-state index contributed by atoms with van der Waals surface area (Å²) in [6, 6.07) is 0.504. The van der Waals surface area contributed by atoms with E-state index in [4.69, 9.17) is 0 Å². The zero-order valence-corrected chi connectivity index (χ0v) is 13.9. The molecule has 4 aromatic rings. The molecule has 0 fully saturated rings. The van der Waals surface area contributed by atoms with E-state index in [0.717, 1.165) is 4.68 Å². The second-order valence-electron chi connectivity index (χ2n) is 5.31. The van der Waals surface area contributed by atoms with E-state index in [2.05, 4.69) is 45.6 Å². The first-order valence-electron chi connectivity index (χ1n) is 7.42. The van der Waals surface area contributed by atoms with Crippen molar-refractivity contribution in [3.63, 3.8) is 0 Å². The Balaban J connectivity index is 1.84. The number of H-pyrrole nitrogens is 1. The van der Waals surface area contributed by atoms with Crippen molar-refractivity contribution < 1.29 is 10.2 Å². The fourth-order valence-electron chi connectivity index (χ4n) is 2.35. The topological polar surface area (TPSA) is 191 Å². The average molecular weight is 366 g/mol. The molecule has 14 heteroatoms. The number of fused-ring (bicyclic) bond motifs is 1. The summed E-state index contributed by atoms with van der Waals surface area (Å²) in [6.07, 6.45) is 1.23. The quantitative estimate of drug-likeness (QED) is 0.438. The number of nitrogens with zero attached hydrogens (tertiary/aromatic N) is 11. The van der Waals surface area contributed by atoms with Crippen LogP contribution in [0.1, 0.15) is 17.1 Å². The minimum Gasteiger partial charge on any atom is -0.479 e. The van der Waals surface area contributed by atoms with Crippen LogP contribution in [0.3, 0.4) is 0 Å². The molecule has 0 amide bonds. The largest absolute Gasteiger partial charge is 0.479 e. The molecule has 0 unspecified atom stereocenters. The third kappa shape index (κ3) is 2.59. The van der Waals surface area contributed by atoms with Gasteiger partial charge in [0, 0.05) is 0 Å². The van der Waals surface area contributed by atoms with E-state index >= 15 is 0 Å². The molecule has 0 aromatic carbocycles. The molecule has 14 nitrogen and oxygen atoms in total. The van der Waals surface area contributed by atoms with Crippen LogP contribution in [0.25, 0.3) is 11.6 Å². The van der Waals surface area contributed by atoms with E-state index in [9.17, 15) is 15.5 Å². The molecule has 4 aromatic heterocycles. The first-order valence-corrected chi connectivity index (χ1v) is 7.42. The fourth-order valence-corrected chi connectivity index (χ4v) is 2.35. The number of rotatable bonds is 3. The lowest BCUT2D eigenvalue weighted by molar-refractivity contribution is 0.379. The van der Waals surface area contributed by atoms with Crippen LogP contribution in [0.15, 0.2) is 16.4 Å². The molecule has 0 aliphatic rings. The normalized spacial score (nSPS) is 11.4. The molecule has 0 saturated carbocycles. The van der Waals surface area contributed by atoms with Crippen molar-refractivity contribution in [3.8, 4) is 24.0 Å².